The van der Waals surface area contributed by atoms with Crippen LogP contribution in [0.1, 0.15) is 42.9 Å². The summed E-state index contributed by atoms with van der Waals surface area (Å²) in [5.41, 5.74) is 0.869. The molecule has 0 amide bonds. The van der Waals surface area contributed by atoms with Gasteiger partial charge in [0.2, 0.25) is 0 Å². The van der Waals surface area contributed by atoms with Crippen LogP contribution in [0.5, 0.6) is 5.75 Å². The lowest BCUT2D eigenvalue weighted by Crippen LogP contribution is -2.46. The Bertz CT molecular complexity index is 582. The number of phenolic OH excluding ortho intramolecular Hbond substituents is 1. The van der Waals surface area contributed by atoms with E-state index < -0.39 is 5.82 Å². The first-order valence-electron chi connectivity index (χ1n) is 8.08. The SMILES string of the molecule is Cl.Cl.N#Cc1cc(F)c(O)c([C@H](C2CCCC2)N2CCNCC2)c1. The second-order valence-electron chi connectivity index (χ2n) is 6.28. The fraction of sp³-hybridized carbons (Fsp3) is 0.588. The summed E-state index contributed by atoms with van der Waals surface area (Å²) in [5, 5.41) is 22.7. The molecule has 2 N–H and O–H groups in total. The first kappa shape index (κ1) is 21.0. The smallest absolute Gasteiger partial charge is 0.166 e. The number of halogens is 3. The van der Waals surface area contributed by atoms with Gasteiger partial charge in [0, 0.05) is 37.8 Å². The van der Waals surface area contributed by atoms with Gasteiger partial charge in [-0.3, -0.25) is 4.90 Å². The predicted octanol–water partition coefficient (Wildman–Crippen LogP) is 3.38. The van der Waals surface area contributed by atoms with Gasteiger partial charge in [-0.25, -0.2) is 4.39 Å². The summed E-state index contributed by atoms with van der Waals surface area (Å²) >= 11 is 0. The molecule has 1 aromatic rings. The Morgan fingerprint density at radius 1 is 1.21 bits per heavy atom. The van der Waals surface area contributed by atoms with Crippen molar-refractivity contribution in [2.24, 2.45) is 5.92 Å². The maximum absolute atomic E-state index is 14.0. The van der Waals surface area contributed by atoms with Crippen LogP contribution in [0.15, 0.2) is 12.1 Å². The molecule has 0 radical (unpaired) electrons. The summed E-state index contributed by atoms with van der Waals surface area (Å²) in [4.78, 5) is 2.34. The predicted molar refractivity (Wildman–Crippen MR) is 96.4 cm³/mol. The van der Waals surface area contributed by atoms with Gasteiger partial charge in [-0.1, -0.05) is 12.8 Å². The third-order valence-corrected chi connectivity index (χ3v) is 4.93. The molecule has 1 aliphatic carbocycles. The van der Waals surface area contributed by atoms with Crippen molar-refractivity contribution in [2.75, 3.05) is 26.2 Å². The van der Waals surface area contributed by atoms with E-state index in [1.54, 1.807) is 6.07 Å². The lowest BCUT2D eigenvalue weighted by molar-refractivity contribution is 0.123. The molecule has 0 bridgehead atoms. The largest absolute Gasteiger partial charge is 0.505 e. The first-order valence-corrected chi connectivity index (χ1v) is 8.08. The summed E-state index contributed by atoms with van der Waals surface area (Å²) in [5.74, 6) is -0.543. The van der Waals surface area contributed by atoms with Crippen molar-refractivity contribution in [3.63, 3.8) is 0 Å². The van der Waals surface area contributed by atoms with Crippen molar-refractivity contribution in [3.05, 3.63) is 29.1 Å². The number of aromatic hydroxyl groups is 1. The average molecular weight is 376 g/mol. The molecule has 1 heterocycles. The molecule has 4 nitrogen and oxygen atoms in total. The van der Waals surface area contributed by atoms with E-state index in [1.807, 2.05) is 6.07 Å². The molecule has 1 aromatic carbocycles. The van der Waals surface area contributed by atoms with Crippen LogP contribution in [0.3, 0.4) is 0 Å². The van der Waals surface area contributed by atoms with E-state index >= 15 is 0 Å². The van der Waals surface area contributed by atoms with Crippen LogP contribution in [-0.4, -0.2) is 36.2 Å². The summed E-state index contributed by atoms with van der Waals surface area (Å²) in [6.45, 7) is 3.59. The van der Waals surface area contributed by atoms with E-state index in [1.165, 1.54) is 12.8 Å². The summed E-state index contributed by atoms with van der Waals surface area (Å²) in [6.07, 6.45) is 4.59. The summed E-state index contributed by atoms with van der Waals surface area (Å²) in [6, 6.07) is 4.79. The van der Waals surface area contributed by atoms with Crippen molar-refractivity contribution >= 4 is 24.8 Å². The van der Waals surface area contributed by atoms with Gasteiger partial charge >= 0.3 is 0 Å². The van der Waals surface area contributed by atoms with E-state index in [0.29, 0.717) is 11.5 Å². The summed E-state index contributed by atoms with van der Waals surface area (Å²) in [7, 11) is 0. The van der Waals surface area contributed by atoms with Gasteiger partial charge in [0.25, 0.3) is 0 Å². The number of nitrogens with zero attached hydrogens (tertiary/aromatic N) is 2. The number of rotatable bonds is 3. The van der Waals surface area contributed by atoms with Crippen molar-refractivity contribution in [1.29, 1.82) is 5.26 Å². The van der Waals surface area contributed by atoms with Crippen LogP contribution < -0.4 is 5.32 Å². The highest BCUT2D eigenvalue weighted by Crippen LogP contribution is 2.43. The minimum absolute atomic E-state index is 0. The lowest BCUT2D eigenvalue weighted by atomic mass is 9.88. The molecule has 3 rings (SSSR count). The van der Waals surface area contributed by atoms with E-state index in [-0.39, 0.29) is 42.2 Å². The highest BCUT2D eigenvalue weighted by Gasteiger charge is 2.34. The molecule has 0 aromatic heterocycles. The standard InChI is InChI=1S/C17H22FN3O.2ClH/c18-15-10-12(11-19)9-14(17(15)22)16(13-3-1-2-4-13)21-7-5-20-6-8-21;;/h9-10,13,16,20,22H,1-8H2;2*1H/t16-;;/m0../s1. The van der Waals surface area contributed by atoms with Crippen LogP contribution in [0, 0.1) is 23.1 Å². The van der Waals surface area contributed by atoms with E-state index in [2.05, 4.69) is 10.2 Å². The quantitative estimate of drug-likeness (QED) is 0.849. The number of benzene rings is 1. The molecule has 1 saturated heterocycles. The molecule has 2 aliphatic rings. The Balaban J connectivity index is 0.00000144. The van der Waals surface area contributed by atoms with Crippen LogP contribution in [0.4, 0.5) is 4.39 Å². The zero-order valence-corrected chi connectivity index (χ0v) is 15.1. The minimum Gasteiger partial charge on any atom is -0.505 e. The topological polar surface area (TPSA) is 59.3 Å². The molecule has 134 valence electrons. The number of phenols is 1. The lowest BCUT2D eigenvalue weighted by Gasteiger charge is -2.39. The van der Waals surface area contributed by atoms with Gasteiger partial charge in [0.15, 0.2) is 11.6 Å². The van der Waals surface area contributed by atoms with Crippen LogP contribution in [0.25, 0.3) is 0 Å². The van der Waals surface area contributed by atoms with E-state index in [4.69, 9.17) is 5.26 Å². The fourth-order valence-electron chi connectivity index (χ4n) is 3.89. The molecule has 24 heavy (non-hydrogen) atoms. The van der Waals surface area contributed by atoms with E-state index in [9.17, 15) is 9.50 Å². The minimum atomic E-state index is -0.688. The molecule has 0 unspecified atom stereocenters. The Labute approximate surface area is 154 Å². The first-order chi connectivity index (χ1) is 10.7. The normalized spacial score (nSPS) is 19.8. The molecule has 1 aliphatic heterocycles. The Kier molecular flexibility index (Phi) is 8.24. The second-order valence-corrected chi connectivity index (χ2v) is 6.28. The van der Waals surface area contributed by atoms with Gasteiger partial charge in [-0.05, 0) is 30.9 Å². The average Bonchev–Trinajstić information content (AvgIpc) is 3.06. The van der Waals surface area contributed by atoms with Crippen molar-refractivity contribution < 1.29 is 9.50 Å². The Morgan fingerprint density at radius 2 is 1.83 bits per heavy atom. The Morgan fingerprint density at radius 3 is 2.42 bits per heavy atom. The van der Waals surface area contributed by atoms with Crippen LogP contribution in [0.2, 0.25) is 0 Å². The van der Waals surface area contributed by atoms with Crippen molar-refractivity contribution in [2.45, 2.75) is 31.7 Å². The molecule has 2 fully saturated rings. The number of piperazine rings is 1. The fourth-order valence-corrected chi connectivity index (χ4v) is 3.89. The molecule has 1 saturated carbocycles. The highest BCUT2D eigenvalue weighted by atomic mass is 35.5. The second kappa shape index (κ2) is 9.43. The molecule has 7 heteroatoms. The van der Waals surface area contributed by atoms with Crippen molar-refractivity contribution in [1.82, 2.24) is 10.2 Å². The third kappa shape index (κ3) is 4.31. The zero-order chi connectivity index (χ0) is 15.5. The van der Waals surface area contributed by atoms with Gasteiger partial charge in [0.05, 0.1) is 11.6 Å². The Hall–Kier alpha value is -1.06. The maximum Gasteiger partial charge on any atom is 0.166 e. The van der Waals surface area contributed by atoms with Crippen LogP contribution in [-0.2, 0) is 0 Å². The van der Waals surface area contributed by atoms with E-state index in [0.717, 1.165) is 45.1 Å². The zero-order valence-electron chi connectivity index (χ0n) is 13.5. The molecule has 1 atom stereocenters. The maximum atomic E-state index is 14.0. The van der Waals surface area contributed by atoms with Gasteiger partial charge in [0.1, 0.15) is 0 Å². The van der Waals surface area contributed by atoms with Crippen molar-refractivity contribution in [3.8, 4) is 11.8 Å². The van der Waals surface area contributed by atoms with Gasteiger partial charge in [-0.2, -0.15) is 5.26 Å². The number of hydrogen-bond acceptors (Lipinski definition) is 4. The van der Waals surface area contributed by atoms with Gasteiger partial charge in [-0.15, -0.1) is 24.8 Å². The molecular formula is C17H24Cl2FN3O. The number of nitrogens with one attached hydrogen (secondary N) is 1. The molecular weight excluding hydrogens is 352 g/mol. The van der Waals surface area contributed by atoms with Gasteiger partial charge < -0.3 is 10.4 Å². The van der Waals surface area contributed by atoms with Crippen LogP contribution >= 0.6 is 24.8 Å². The summed E-state index contributed by atoms with van der Waals surface area (Å²) < 4.78 is 14.0. The third-order valence-electron chi connectivity index (χ3n) is 4.93. The number of nitriles is 1. The monoisotopic (exact) mass is 375 g/mol. The molecule has 0 spiro atoms. The number of hydrogen-bond donors (Lipinski definition) is 2. The highest BCUT2D eigenvalue weighted by molar-refractivity contribution is 5.85.